The maximum Gasteiger partial charge on any atom is 0.307 e. The van der Waals surface area contributed by atoms with E-state index in [9.17, 15) is 9.18 Å². The summed E-state index contributed by atoms with van der Waals surface area (Å²) >= 11 is 0. The Kier molecular flexibility index (Phi) is 3.19. The molecule has 0 aliphatic carbocycles. The molecule has 0 unspecified atom stereocenters. The summed E-state index contributed by atoms with van der Waals surface area (Å²) < 4.78 is 13.6. The van der Waals surface area contributed by atoms with Crippen molar-refractivity contribution in [3.63, 3.8) is 0 Å². The standard InChI is InChI=1S/C14H11FO2/c15-13-7-2-1-6-12(13)11-5-3-4-10(8-11)9-14(16)17/h1-8H,9H2,(H,16,17). The zero-order valence-corrected chi connectivity index (χ0v) is 9.06. The van der Waals surface area contributed by atoms with Crippen LogP contribution in [0.25, 0.3) is 11.1 Å². The van der Waals surface area contributed by atoms with Gasteiger partial charge in [-0.2, -0.15) is 0 Å². The molecule has 17 heavy (non-hydrogen) atoms. The van der Waals surface area contributed by atoms with Gasteiger partial charge >= 0.3 is 5.97 Å². The van der Waals surface area contributed by atoms with Crippen LogP contribution in [-0.4, -0.2) is 11.1 Å². The highest BCUT2D eigenvalue weighted by atomic mass is 19.1. The topological polar surface area (TPSA) is 37.3 Å². The zero-order valence-electron chi connectivity index (χ0n) is 9.06. The second-order valence-electron chi connectivity index (χ2n) is 3.75. The average molecular weight is 230 g/mol. The van der Waals surface area contributed by atoms with Crippen LogP contribution in [0.15, 0.2) is 48.5 Å². The van der Waals surface area contributed by atoms with E-state index in [0.29, 0.717) is 16.7 Å². The molecule has 0 aromatic heterocycles. The highest BCUT2D eigenvalue weighted by Gasteiger charge is 2.06. The van der Waals surface area contributed by atoms with Gasteiger partial charge in [-0.1, -0.05) is 42.5 Å². The number of carboxylic acids is 1. The molecule has 0 aliphatic rings. The molecule has 1 N–H and O–H groups in total. The van der Waals surface area contributed by atoms with Gasteiger partial charge < -0.3 is 5.11 Å². The van der Waals surface area contributed by atoms with Crippen molar-refractivity contribution in [2.45, 2.75) is 6.42 Å². The molecule has 2 aromatic carbocycles. The van der Waals surface area contributed by atoms with E-state index in [1.807, 2.05) is 0 Å². The number of carboxylic acid groups (broad SMARTS) is 1. The first-order valence-electron chi connectivity index (χ1n) is 5.22. The van der Waals surface area contributed by atoms with Crippen LogP contribution in [0.2, 0.25) is 0 Å². The van der Waals surface area contributed by atoms with Crippen molar-refractivity contribution in [1.29, 1.82) is 0 Å². The fourth-order valence-electron chi connectivity index (χ4n) is 1.72. The normalized spacial score (nSPS) is 10.2. The molecule has 0 saturated heterocycles. The van der Waals surface area contributed by atoms with E-state index < -0.39 is 5.97 Å². The van der Waals surface area contributed by atoms with E-state index in [4.69, 9.17) is 5.11 Å². The summed E-state index contributed by atoms with van der Waals surface area (Å²) in [5, 5.41) is 8.71. The first kappa shape index (κ1) is 11.3. The third-order valence-corrected chi connectivity index (χ3v) is 2.47. The van der Waals surface area contributed by atoms with Crippen molar-refractivity contribution >= 4 is 5.97 Å². The van der Waals surface area contributed by atoms with Gasteiger partial charge in [0.15, 0.2) is 0 Å². The Labute approximate surface area is 98.3 Å². The van der Waals surface area contributed by atoms with Crippen LogP contribution in [0.1, 0.15) is 5.56 Å². The number of hydrogen-bond acceptors (Lipinski definition) is 1. The Morgan fingerprint density at radius 1 is 1.12 bits per heavy atom. The predicted molar refractivity (Wildman–Crippen MR) is 63.2 cm³/mol. The second kappa shape index (κ2) is 4.78. The van der Waals surface area contributed by atoms with Gasteiger partial charge in [-0.05, 0) is 17.2 Å². The Hall–Kier alpha value is -2.16. The Morgan fingerprint density at radius 2 is 1.88 bits per heavy atom. The van der Waals surface area contributed by atoms with Gasteiger partial charge in [-0.3, -0.25) is 4.79 Å². The minimum Gasteiger partial charge on any atom is -0.481 e. The van der Waals surface area contributed by atoms with E-state index >= 15 is 0 Å². The summed E-state index contributed by atoms with van der Waals surface area (Å²) in [6.07, 6.45) is -0.0533. The lowest BCUT2D eigenvalue weighted by molar-refractivity contribution is -0.136. The largest absolute Gasteiger partial charge is 0.481 e. The highest BCUT2D eigenvalue weighted by Crippen LogP contribution is 2.23. The van der Waals surface area contributed by atoms with Crippen molar-refractivity contribution < 1.29 is 14.3 Å². The Bertz CT molecular complexity index is 549. The van der Waals surface area contributed by atoms with Crippen LogP contribution in [0.5, 0.6) is 0 Å². The van der Waals surface area contributed by atoms with E-state index in [0.717, 1.165) is 0 Å². The van der Waals surface area contributed by atoms with E-state index in [1.54, 1.807) is 42.5 Å². The maximum atomic E-state index is 13.6. The average Bonchev–Trinajstić information content (AvgIpc) is 2.29. The molecular formula is C14H11FO2. The van der Waals surface area contributed by atoms with Crippen LogP contribution >= 0.6 is 0 Å². The fraction of sp³-hybridized carbons (Fsp3) is 0.0714. The molecular weight excluding hydrogens is 219 g/mol. The third-order valence-electron chi connectivity index (χ3n) is 2.47. The molecule has 0 amide bonds. The van der Waals surface area contributed by atoms with Crippen molar-refractivity contribution in [3.8, 4) is 11.1 Å². The maximum absolute atomic E-state index is 13.6. The Morgan fingerprint density at radius 3 is 2.59 bits per heavy atom. The summed E-state index contributed by atoms with van der Waals surface area (Å²) in [6.45, 7) is 0. The van der Waals surface area contributed by atoms with E-state index in [1.165, 1.54) is 6.07 Å². The quantitative estimate of drug-likeness (QED) is 0.879. The number of aliphatic carboxylic acids is 1. The van der Waals surface area contributed by atoms with Crippen molar-refractivity contribution in [2.75, 3.05) is 0 Å². The molecule has 3 heteroatoms. The lowest BCUT2D eigenvalue weighted by Crippen LogP contribution is -1.99. The summed E-state index contributed by atoms with van der Waals surface area (Å²) in [4.78, 5) is 10.6. The van der Waals surface area contributed by atoms with Crippen LogP contribution in [0, 0.1) is 5.82 Å². The van der Waals surface area contributed by atoms with Gasteiger partial charge in [0.1, 0.15) is 5.82 Å². The van der Waals surface area contributed by atoms with Crippen molar-refractivity contribution in [3.05, 3.63) is 59.9 Å². The monoisotopic (exact) mass is 230 g/mol. The number of rotatable bonds is 3. The molecule has 2 rings (SSSR count). The van der Waals surface area contributed by atoms with Crippen molar-refractivity contribution in [1.82, 2.24) is 0 Å². The van der Waals surface area contributed by atoms with Crippen LogP contribution < -0.4 is 0 Å². The Balaban J connectivity index is 2.40. The fourth-order valence-corrected chi connectivity index (χ4v) is 1.72. The summed E-state index contributed by atoms with van der Waals surface area (Å²) in [5.41, 5.74) is 1.85. The van der Waals surface area contributed by atoms with Crippen LogP contribution in [0.4, 0.5) is 4.39 Å². The minimum absolute atomic E-state index is 0.0533. The summed E-state index contributed by atoms with van der Waals surface area (Å²) in [6, 6.07) is 13.4. The molecule has 0 aliphatic heterocycles. The molecule has 2 nitrogen and oxygen atoms in total. The molecule has 0 heterocycles. The first-order chi connectivity index (χ1) is 8.16. The molecule has 0 bridgehead atoms. The number of halogens is 1. The van der Waals surface area contributed by atoms with Crippen molar-refractivity contribution in [2.24, 2.45) is 0 Å². The molecule has 0 spiro atoms. The molecule has 86 valence electrons. The number of benzene rings is 2. The molecule has 0 radical (unpaired) electrons. The third kappa shape index (κ3) is 2.69. The van der Waals surface area contributed by atoms with Gasteiger partial charge in [0.25, 0.3) is 0 Å². The van der Waals surface area contributed by atoms with Crippen LogP contribution in [-0.2, 0) is 11.2 Å². The van der Waals surface area contributed by atoms with Gasteiger partial charge in [-0.25, -0.2) is 4.39 Å². The SMILES string of the molecule is O=C(O)Cc1cccc(-c2ccccc2F)c1. The first-order valence-corrected chi connectivity index (χ1v) is 5.22. The molecule has 0 fully saturated rings. The van der Waals surface area contributed by atoms with Gasteiger partial charge in [-0.15, -0.1) is 0 Å². The number of carbonyl (C=O) groups is 1. The summed E-state index contributed by atoms with van der Waals surface area (Å²) in [7, 11) is 0. The molecule has 2 aromatic rings. The number of hydrogen-bond donors (Lipinski definition) is 1. The van der Waals surface area contributed by atoms with E-state index in [2.05, 4.69) is 0 Å². The van der Waals surface area contributed by atoms with Gasteiger partial charge in [0, 0.05) is 5.56 Å². The van der Waals surface area contributed by atoms with Crippen LogP contribution in [0.3, 0.4) is 0 Å². The highest BCUT2D eigenvalue weighted by molar-refractivity contribution is 5.72. The predicted octanol–water partition coefficient (Wildman–Crippen LogP) is 3.12. The molecule has 0 atom stereocenters. The zero-order chi connectivity index (χ0) is 12.3. The summed E-state index contributed by atoms with van der Waals surface area (Å²) in [5.74, 6) is -1.20. The van der Waals surface area contributed by atoms with E-state index in [-0.39, 0.29) is 12.2 Å². The lowest BCUT2D eigenvalue weighted by atomic mass is 10.0. The minimum atomic E-state index is -0.893. The lowest BCUT2D eigenvalue weighted by Gasteiger charge is -2.05. The van der Waals surface area contributed by atoms with Gasteiger partial charge in [0.05, 0.1) is 6.42 Å². The molecule has 0 saturated carbocycles. The van der Waals surface area contributed by atoms with Gasteiger partial charge in [0.2, 0.25) is 0 Å². The second-order valence-corrected chi connectivity index (χ2v) is 3.75. The smallest absolute Gasteiger partial charge is 0.307 e.